The van der Waals surface area contributed by atoms with Crippen LogP contribution in [0.25, 0.3) is 0 Å². The number of hydrogen-bond acceptors (Lipinski definition) is 3. The number of anilines is 1. The third-order valence-electron chi connectivity index (χ3n) is 5.53. The number of benzene rings is 2. The minimum absolute atomic E-state index is 0.00285. The molecule has 0 aliphatic carbocycles. The lowest BCUT2D eigenvalue weighted by molar-refractivity contribution is -0.133. The highest BCUT2D eigenvalue weighted by atomic mass is 16.3. The topological polar surface area (TPSA) is 65.8 Å². The van der Waals surface area contributed by atoms with Gasteiger partial charge < -0.3 is 19.5 Å². The Labute approximate surface area is 196 Å². The number of urea groups is 1. The van der Waals surface area contributed by atoms with Crippen molar-refractivity contribution in [3.05, 3.63) is 88.9 Å². The van der Waals surface area contributed by atoms with Gasteiger partial charge in [-0.1, -0.05) is 55.5 Å². The Morgan fingerprint density at radius 1 is 0.848 bits per heavy atom. The number of furan rings is 1. The van der Waals surface area contributed by atoms with Gasteiger partial charge in [0.25, 0.3) is 0 Å². The zero-order valence-corrected chi connectivity index (χ0v) is 19.9. The Morgan fingerprint density at radius 3 is 2.15 bits per heavy atom. The maximum Gasteiger partial charge on any atom is 0.322 e. The van der Waals surface area contributed by atoms with Gasteiger partial charge in [-0.15, -0.1) is 0 Å². The van der Waals surface area contributed by atoms with E-state index in [0.29, 0.717) is 19.6 Å². The van der Waals surface area contributed by atoms with E-state index in [4.69, 9.17) is 4.42 Å². The molecule has 33 heavy (non-hydrogen) atoms. The Kier molecular flexibility index (Phi) is 8.30. The Bertz CT molecular complexity index is 1050. The van der Waals surface area contributed by atoms with E-state index in [1.165, 1.54) is 0 Å². The van der Waals surface area contributed by atoms with Crippen molar-refractivity contribution >= 4 is 17.6 Å². The lowest BCUT2D eigenvalue weighted by atomic mass is 10.1. The van der Waals surface area contributed by atoms with Gasteiger partial charge in [0.1, 0.15) is 18.1 Å². The molecule has 174 valence electrons. The van der Waals surface area contributed by atoms with Crippen LogP contribution in [0.15, 0.2) is 65.1 Å². The summed E-state index contributed by atoms with van der Waals surface area (Å²) in [6, 6.07) is 19.2. The SMILES string of the molecule is CCCN(CC(=O)N(Cc1ccccc1)Cc1ccc(C)o1)C(=O)Nc1c(C)cccc1C. The number of amides is 3. The number of rotatable bonds is 9. The molecule has 3 amide bonds. The maximum absolute atomic E-state index is 13.4. The second-order valence-electron chi connectivity index (χ2n) is 8.37. The van der Waals surface area contributed by atoms with Gasteiger partial charge in [0.2, 0.25) is 5.91 Å². The molecule has 0 atom stereocenters. The van der Waals surface area contributed by atoms with Gasteiger partial charge in [0, 0.05) is 18.8 Å². The minimum atomic E-state index is -0.267. The smallest absolute Gasteiger partial charge is 0.322 e. The molecule has 6 heteroatoms. The summed E-state index contributed by atoms with van der Waals surface area (Å²) in [5.41, 5.74) is 3.80. The number of nitrogens with one attached hydrogen (secondary N) is 1. The van der Waals surface area contributed by atoms with Crippen LogP contribution in [0.5, 0.6) is 0 Å². The fourth-order valence-corrected chi connectivity index (χ4v) is 3.78. The van der Waals surface area contributed by atoms with Crippen LogP contribution in [0, 0.1) is 20.8 Å². The highest BCUT2D eigenvalue weighted by molar-refractivity contribution is 5.93. The van der Waals surface area contributed by atoms with E-state index >= 15 is 0 Å². The van der Waals surface area contributed by atoms with Crippen LogP contribution in [0.2, 0.25) is 0 Å². The summed E-state index contributed by atoms with van der Waals surface area (Å²) in [6.07, 6.45) is 0.753. The van der Waals surface area contributed by atoms with Crippen LogP contribution in [0.1, 0.15) is 41.6 Å². The number of nitrogens with zero attached hydrogens (tertiary/aromatic N) is 2. The van der Waals surface area contributed by atoms with Gasteiger partial charge >= 0.3 is 6.03 Å². The monoisotopic (exact) mass is 447 g/mol. The first kappa shape index (κ1) is 24.1. The number of para-hydroxylation sites is 1. The third-order valence-corrected chi connectivity index (χ3v) is 5.53. The van der Waals surface area contributed by atoms with Crippen molar-refractivity contribution < 1.29 is 14.0 Å². The third kappa shape index (κ3) is 6.72. The predicted molar refractivity (Wildman–Crippen MR) is 131 cm³/mol. The summed E-state index contributed by atoms with van der Waals surface area (Å²) in [4.78, 5) is 29.8. The van der Waals surface area contributed by atoms with E-state index in [1.807, 2.05) is 88.4 Å². The summed E-state index contributed by atoms with van der Waals surface area (Å²) < 4.78 is 5.72. The van der Waals surface area contributed by atoms with Crippen molar-refractivity contribution in [2.24, 2.45) is 0 Å². The summed E-state index contributed by atoms with van der Waals surface area (Å²) in [5, 5.41) is 3.01. The van der Waals surface area contributed by atoms with Crippen LogP contribution >= 0.6 is 0 Å². The summed E-state index contributed by atoms with van der Waals surface area (Å²) in [6.45, 7) is 9.08. The van der Waals surface area contributed by atoms with Crippen molar-refractivity contribution in [2.75, 3.05) is 18.4 Å². The van der Waals surface area contributed by atoms with Crippen molar-refractivity contribution in [3.63, 3.8) is 0 Å². The normalized spacial score (nSPS) is 10.7. The first-order valence-corrected chi connectivity index (χ1v) is 11.4. The van der Waals surface area contributed by atoms with E-state index in [1.54, 1.807) is 9.80 Å². The lowest BCUT2D eigenvalue weighted by Crippen LogP contribution is -2.44. The summed E-state index contributed by atoms with van der Waals surface area (Å²) in [5.74, 6) is 1.40. The van der Waals surface area contributed by atoms with E-state index in [0.717, 1.165) is 40.3 Å². The van der Waals surface area contributed by atoms with Crippen LogP contribution < -0.4 is 5.32 Å². The Hall–Kier alpha value is -3.54. The zero-order chi connectivity index (χ0) is 23.8. The molecule has 0 saturated carbocycles. The first-order valence-electron chi connectivity index (χ1n) is 11.4. The van der Waals surface area contributed by atoms with Crippen LogP contribution in [-0.2, 0) is 17.9 Å². The Morgan fingerprint density at radius 2 is 1.55 bits per heavy atom. The molecule has 0 aliphatic rings. The molecule has 1 N–H and O–H groups in total. The molecule has 0 unspecified atom stereocenters. The average Bonchev–Trinajstić information content (AvgIpc) is 3.20. The van der Waals surface area contributed by atoms with E-state index in [9.17, 15) is 9.59 Å². The minimum Gasteiger partial charge on any atom is -0.464 e. The molecule has 0 aliphatic heterocycles. The standard InChI is InChI=1S/C27H33N3O3/c1-5-16-29(27(32)28-26-20(2)10-9-11-21(26)3)19-25(31)30(17-23-12-7-6-8-13-23)18-24-15-14-22(4)33-24/h6-15H,5,16-19H2,1-4H3,(H,28,32). The van der Waals surface area contributed by atoms with Crippen molar-refractivity contribution in [3.8, 4) is 0 Å². The molecular formula is C27H33N3O3. The molecule has 3 aromatic rings. The molecule has 6 nitrogen and oxygen atoms in total. The highest BCUT2D eigenvalue weighted by Crippen LogP contribution is 2.20. The molecule has 1 heterocycles. The average molecular weight is 448 g/mol. The van der Waals surface area contributed by atoms with E-state index < -0.39 is 0 Å². The predicted octanol–water partition coefficient (Wildman–Crippen LogP) is 5.68. The molecule has 0 bridgehead atoms. The largest absolute Gasteiger partial charge is 0.464 e. The van der Waals surface area contributed by atoms with Gasteiger partial charge in [0.05, 0.1) is 6.54 Å². The van der Waals surface area contributed by atoms with Gasteiger partial charge in [-0.05, 0) is 56.0 Å². The van der Waals surface area contributed by atoms with Crippen LogP contribution in [-0.4, -0.2) is 34.8 Å². The number of hydrogen-bond donors (Lipinski definition) is 1. The second kappa shape index (κ2) is 11.4. The quantitative estimate of drug-likeness (QED) is 0.459. The summed E-state index contributed by atoms with van der Waals surface area (Å²) >= 11 is 0. The van der Waals surface area contributed by atoms with Gasteiger partial charge in [0.15, 0.2) is 0 Å². The molecule has 0 fully saturated rings. The number of aryl methyl sites for hydroxylation is 3. The van der Waals surface area contributed by atoms with Gasteiger partial charge in [-0.3, -0.25) is 4.79 Å². The van der Waals surface area contributed by atoms with E-state index in [-0.39, 0.29) is 18.5 Å². The molecule has 1 aromatic heterocycles. The second-order valence-corrected chi connectivity index (χ2v) is 8.37. The molecule has 3 rings (SSSR count). The highest BCUT2D eigenvalue weighted by Gasteiger charge is 2.23. The van der Waals surface area contributed by atoms with Crippen molar-refractivity contribution in [2.45, 2.75) is 47.2 Å². The van der Waals surface area contributed by atoms with Gasteiger partial charge in [-0.2, -0.15) is 0 Å². The number of carbonyl (C=O) groups is 2. The lowest BCUT2D eigenvalue weighted by Gasteiger charge is -2.28. The summed E-state index contributed by atoms with van der Waals surface area (Å²) in [7, 11) is 0. The Balaban J connectivity index is 1.76. The molecule has 0 saturated heterocycles. The van der Waals surface area contributed by atoms with Crippen LogP contribution in [0.4, 0.5) is 10.5 Å². The number of carbonyl (C=O) groups excluding carboxylic acids is 2. The molecule has 0 spiro atoms. The van der Waals surface area contributed by atoms with Gasteiger partial charge in [-0.25, -0.2) is 4.79 Å². The first-order chi connectivity index (χ1) is 15.9. The molecular weight excluding hydrogens is 414 g/mol. The maximum atomic E-state index is 13.4. The molecule has 0 radical (unpaired) electrons. The molecule has 2 aromatic carbocycles. The van der Waals surface area contributed by atoms with Crippen molar-refractivity contribution in [1.29, 1.82) is 0 Å². The van der Waals surface area contributed by atoms with Crippen LogP contribution in [0.3, 0.4) is 0 Å². The van der Waals surface area contributed by atoms with Crippen molar-refractivity contribution in [1.82, 2.24) is 9.80 Å². The fourth-order valence-electron chi connectivity index (χ4n) is 3.78. The van der Waals surface area contributed by atoms with E-state index in [2.05, 4.69) is 5.32 Å². The zero-order valence-electron chi connectivity index (χ0n) is 19.9. The fraction of sp³-hybridized carbons (Fsp3) is 0.333.